The van der Waals surface area contributed by atoms with Gasteiger partial charge in [-0.25, -0.2) is 4.68 Å². The van der Waals surface area contributed by atoms with Crippen molar-refractivity contribution in [1.29, 1.82) is 0 Å². The van der Waals surface area contributed by atoms with Gasteiger partial charge in [-0.2, -0.15) is 16.9 Å². The molecule has 1 aliphatic rings. The molecule has 128 valence electrons. The van der Waals surface area contributed by atoms with Crippen LogP contribution in [0, 0.1) is 5.92 Å². The first-order valence-corrected chi connectivity index (χ1v) is 9.50. The number of piperidine rings is 1. The fraction of sp³-hybridized carbons (Fsp3) is 0.688. The third kappa shape index (κ3) is 4.99. The third-order valence-electron chi connectivity index (χ3n) is 3.96. The number of aromatic nitrogens is 2. The van der Waals surface area contributed by atoms with Crippen LogP contribution in [0.25, 0.3) is 0 Å². The Balaban J connectivity index is 1.93. The molecule has 0 radical (unpaired) electrons. The molecule has 1 aromatic rings. The first-order valence-electron chi connectivity index (χ1n) is 8.11. The van der Waals surface area contributed by atoms with Crippen molar-refractivity contribution in [2.45, 2.75) is 39.2 Å². The van der Waals surface area contributed by atoms with E-state index in [1.165, 1.54) is 0 Å². The largest absolute Gasteiger partial charge is 0.342 e. The Morgan fingerprint density at radius 2 is 2.09 bits per heavy atom. The maximum atomic E-state index is 12.0. The van der Waals surface area contributed by atoms with Crippen LogP contribution in [-0.4, -0.2) is 51.6 Å². The summed E-state index contributed by atoms with van der Waals surface area (Å²) in [4.78, 5) is 25.8. The normalized spacial score (nSPS) is 15.9. The molecule has 0 aromatic carbocycles. The number of carbonyl (C=O) groups excluding carboxylic acids is 2. The van der Waals surface area contributed by atoms with E-state index in [9.17, 15) is 9.59 Å². The van der Waals surface area contributed by atoms with Gasteiger partial charge < -0.3 is 10.2 Å². The smallest absolute Gasteiger partial charge is 0.232 e. The average Bonchev–Trinajstić information content (AvgIpc) is 2.94. The zero-order valence-corrected chi connectivity index (χ0v) is 14.9. The van der Waals surface area contributed by atoms with Crippen LogP contribution in [0.4, 0.5) is 5.82 Å². The minimum Gasteiger partial charge on any atom is -0.342 e. The van der Waals surface area contributed by atoms with Gasteiger partial charge in [0.2, 0.25) is 11.8 Å². The van der Waals surface area contributed by atoms with E-state index in [4.69, 9.17) is 0 Å². The molecule has 2 rings (SSSR count). The van der Waals surface area contributed by atoms with Gasteiger partial charge in [0.15, 0.2) is 0 Å². The van der Waals surface area contributed by atoms with Crippen LogP contribution in [0.3, 0.4) is 0 Å². The summed E-state index contributed by atoms with van der Waals surface area (Å²) < 4.78 is 1.90. The van der Waals surface area contributed by atoms with Crippen LogP contribution < -0.4 is 5.32 Å². The zero-order valence-electron chi connectivity index (χ0n) is 14.1. The van der Waals surface area contributed by atoms with Crippen LogP contribution in [0.2, 0.25) is 0 Å². The predicted molar refractivity (Wildman–Crippen MR) is 93.5 cm³/mol. The number of thioether (sulfide) groups is 1. The second-order valence-electron chi connectivity index (χ2n) is 6.35. The minimum absolute atomic E-state index is 0.0225. The molecule has 7 heteroatoms. The number of hydrogen-bond acceptors (Lipinski definition) is 4. The van der Waals surface area contributed by atoms with E-state index in [1.807, 2.05) is 35.8 Å². The molecule has 23 heavy (non-hydrogen) atoms. The lowest BCUT2D eigenvalue weighted by Crippen LogP contribution is -2.40. The zero-order chi connectivity index (χ0) is 16.8. The van der Waals surface area contributed by atoms with Crippen molar-refractivity contribution in [2.24, 2.45) is 5.92 Å². The van der Waals surface area contributed by atoms with E-state index >= 15 is 0 Å². The van der Waals surface area contributed by atoms with Crippen molar-refractivity contribution in [2.75, 3.05) is 30.4 Å². The molecule has 1 aromatic heterocycles. The molecule has 1 fully saturated rings. The van der Waals surface area contributed by atoms with Gasteiger partial charge in [0.05, 0.1) is 18.0 Å². The van der Waals surface area contributed by atoms with Crippen molar-refractivity contribution >= 4 is 29.4 Å². The summed E-state index contributed by atoms with van der Waals surface area (Å²) in [6.07, 6.45) is 5.91. The SMILES string of the molecule is CSCC(=O)N1CCC(n2nccc2NC(=O)CC(C)C)CC1. The highest BCUT2D eigenvalue weighted by molar-refractivity contribution is 7.99. The number of hydrogen-bond donors (Lipinski definition) is 1. The molecule has 2 amide bonds. The van der Waals surface area contributed by atoms with Gasteiger partial charge in [-0.15, -0.1) is 0 Å². The molecule has 1 saturated heterocycles. The lowest BCUT2D eigenvalue weighted by Gasteiger charge is -2.32. The Kier molecular flexibility index (Phi) is 6.50. The average molecular weight is 338 g/mol. The summed E-state index contributed by atoms with van der Waals surface area (Å²) in [7, 11) is 0. The van der Waals surface area contributed by atoms with Crippen molar-refractivity contribution in [3.05, 3.63) is 12.3 Å². The summed E-state index contributed by atoms with van der Waals surface area (Å²) >= 11 is 1.56. The summed E-state index contributed by atoms with van der Waals surface area (Å²) in [6.45, 7) is 5.56. The third-order valence-corrected chi connectivity index (χ3v) is 4.50. The van der Waals surface area contributed by atoms with E-state index < -0.39 is 0 Å². The molecule has 0 unspecified atom stereocenters. The van der Waals surface area contributed by atoms with Crippen LogP contribution in [0.1, 0.15) is 39.2 Å². The van der Waals surface area contributed by atoms with Crippen molar-refractivity contribution in [3.63, 3.8) is 0 Å². The lowest BCUT2D eigenvalue weighted by molar-refractivity contribution is -0.129. The lowest BCUT2D eigenvalue weighted by atomic mass is 10.1. The Morgan fingerprint density at radius 3 is 2.70 bits per heavy atom. The molecular weight excluding hydrogens is 312 g/mol. The van der Waals surface area contributed by atoms with E-state index in [0.29, 0.717) is 18.1 Å². The van der Waals surface area contributed by atoms with E-state index in [1.54, 1.807) is 18.0 Å². The van der Waals surface area contributed by atoms with Gasteiger partial charge in [-0.05, 0) is 25.0 Å². The number of rotatable bonds is 6. The van der Waals surface area contributed by atoms with Gasteiger partial charge in [0.25, 0.3) is 0 Å². The van der Waals surface area contributed by atoms with Gasteiger partial charge in [0, 0.05) is 25.6 Å². The molecule has 0 spiro atoms. The quantitative estimate of drug-likeness (QED) is 0.865. The fourth-order valence-electron chi connectivity index (χ4n) is 2.84. The van der Waals surface area contributed by atoms with E-state index in [2.05, 4.69) is 10.4 Å². The Hall–Kier alpha value is -1.50. The first-order chi connectivity index (χ1) is 11.0. The second-order valence-corrected chi connectivity index (χ2v) is 7.22. The van der Waals surface area contributed by atoms with Gasteiger partial charge in [-0.1, -0.05) is 13.8 Å². The highest BCUT2D eigenvalue weighted by atomic mass is 32.2. The van der Waals surface area contributed by atoms with Crippen molar-refractivity contribution in [3.8, 4) is 0 Å². The van der Waals surface area contributed by atoms with Crippen LogP contribution in [0.15, 0.2) is 12.3 Å². The summed E-state index contributed by atoms with van der Waals surface area (Å²) in [6, 6.07) is 2.07. The number of anilines is 1. The fourth-order valence-corrected chi connectivity index (χ4v) is 3.27. The number of amides is 2. The molecule has 0 saturated carbocycles. The number of nitrogens with zero attached hydrogens (tertiary/aromatic N) is 3. The molecule has 2 heterocycles. The van der Waals surface area contributed by atoms with Crippen LogP contribution in [0.5, 0.6) is 0 Å². The Bertz CT molecular complexity index is 536. The molecule has 0 bridgehead atoms. The number of carbonyl (C=O) groups is 2. The topological polar surface area (TPSA) is 67.2 Å². The molecule has 1 aliphatic heterocycles. The van der Waals surface area contributed by atoms with Gasteiger partial charge >= 0.3 is 0 Å². The minimum atomic E-state index is 0.0225. The first kappa shape index (κ1) is 17.8. The predicted octanol–water partition coefficient (Wildman–Crippen LogP) is 2.39. The summed E-state index contributed by atoms with van der Waals surface area (Å²) in [5.41, 5.74) is 0. The highest BCUT2D eigenvalue weighted by Gasteiger charge is 2.25. The standard InChI is InChI=1S/C16H26N4O2S/c1-12(2)10-15(21)18-14-4-7-17-20(14)13-5-8-19(9-6-13)16(22)11-23-3/h4,7,12-13H,5-6,8-11H2,1-3H3,(H,18,21). The number of likely N-dealkylation sites (tertiary alicyclic amines) is 1. The Labute approximate surface area is 142 Å². The monoisotopic (exact) mass is 338 g/mol. The molecule has 1 N–H and O–H groups in total. The van der Waals surface area contributed by atoms with Gasteiger partial charge in [-0.3, -0.25) is 9.59 Å². The van der Waals surface area contributed by atoms with Gasteiger partial charge in [0.1, 0.15) is 5.82 Å². The molecule has 0 aliphatic carbocycles. The highest BCUT2D eigenvalue weighted by Crippen LogP contribution is 2.25. The summed E-state index contributed by atoms with van der Waals surface area (Å²) in [5.74, 6) is 1.86. The number of nitrogens with one attached hydrogen (secondary N) is 1. The van der Waals surface area contributed by atoms with E-state index in [-0.39, 0.29) is 17.9 Å². The van der Waals surface area contributed by atoms with Crippen molar-refractivity contribution < 1.29 is 9.59 Å². The maximum Gasteiger partial charge on any atom is 0.232 e. The Morgan fingerprint density at radius 1 is 1.39 bits per heavy atom. The second kappa shape index (κ2) is 8.38. The molecule has 6 nitrogen and oxygen atoms in total. The summed E-state index contributed by atoms with van der Waals surface area (Å²) in [5, 5.41) is 7.32. The van der Waals surface area contributed by atoms with Crippen molar-refractivity contribution in [1.82, 2.24) is 14.7 Å². The van der Waals surface area contributed by atoms with E-state index in [0.717, 1.165) is 31.7 Å². The molecule has 0 atom stereocenters. The van der Waals surface area contributed by atoms with Crippen LogP contribution in [-0.2, 0) is 9.59 Å². The van der Waals surface area contributed by atoms with Crippen LogP contribution >= 0.6 is 11.8 Å². The maximum absolute atomic E-state index is 12.0. The molecular formula is C16H26N4O2S.